The van der Waals surface area contributed by atoms with E-state index in [-0.39, 0.29) is 11.5 Å². The number of halogens is 5. The number of benzene rings is 1. The van der Waals surface area contributed by atoms with Crippen LogP contribution >= 0.6 is 15.9 Å². The fourth-order valence-corrected chi connectivity index (χ4v) is 1.71. The molecule has 0 bridgehead atoms. The fraction of sp³-hybridized carbons (Fsp3) is 0.0833. The lowest BCUT2D eigenvalue weighted by Gasteiger charge is -2.10. The Morgan fingerprint density at radius 3 is 2.42 bits per heavy atom. The number of aromatic nitrogens is 1. The van der Waals surface area contributed by atoms with Gasteiger partial charge in [-0.25, -0.2) is 9.37 Å². The molecular weight excluding hydrogens is 330 g/mol. The molecule has 0 atom stereocenters. The second-order valence-electron chi connectivity index (χ2n) is 3.59. The fourth-order valence-electron chi connectivity index (χ4n) is 1.37. The van der Waals surface area contributed by atoms with E-state index in [4.69, 9.17) is 4.74 Å². The van der Waals surface area contributed by atoms with Crippen LogP contribution < -0.4 is 4.74 Å². The summed E-state index contributed by atoms with van der Waals surface area (Å²) in [6.07, 6.45) is -3.22. The minimum absolute atomic E-state index is 0.231. The Bertz CT molecular complexity index is 601. The Hall–Kier alpha value is -1.63. The van der Waals surface area contributed by atoms with E-state index >= 15 is 0 Å². The number of hydrogen-bond acceptors (Lipinski definition) is 2. The summed E-state index contributed by atoms with van der Waals surface area (Å²) >= 11 is 3.09. The highest BCUT2D eigenvalue weighted by Crippen LogP contribution is 2.33. The van der Waals surface area contributed by atoms with Gasteiger partial charge in [0.05, 0.1) is 5.56 Å². The first-order chi connectivity index (χ1) is 8.84. The minimum atomic E-state index is -4.63. The molecule has 0 radical (unpaired) electrons. The lowest BCUT2D eigenvalue weighted by atomic mass is 10.2. The van der Waals surface area contributed by atoms with Crippen LogP contribution in [0.1, 0.15) is 5.56 Å². The Morgan fingerprint density at radius 1 is 1.05 bits per heavy atom. The summed E-state index contributed by atoms with van der Waals surface area (Å²) in [6, 6.07) is 4.93. The SMILES string of the molecule is Fc1cc(Oc2ccnc(Br)c2)cc(C(F)(F)F)c1. The van der Waals surface area contributed by atoms with Crippen LogP contribution in [0.5, 0.6) is 11.5 Å². The molecule has 1 aromatic heterocycles. The van der Waals surface area contributed by atoms with Crippen LogP contribution in [-0.4, -0.2) is 4.98 Å². The van der Waals surface area contributed by atoms with Crippen molar-refractivity contribution < 1.29 is 22.3 Å². The highest BCUT2D eigenvalue weighted by Gasteiger charge is 2.31. The first kappa shape index (κ1) is 13.8. The Morgan fingerprint density at radius 2 is 1.79 bits per heavy atom. The molecule has 19 heavy (non-hydrogen) atoms. The Labute approximate surface area is 114 Å². The van der Waals surface area contributed by atoms with E-state index in [1.165, 1.54) is 18.3 Å². The zero-order valence-corrected chi connectivity index (χ0v) is 10.8. The molecule has 7 heteroatoms. The van der Waals surface area contributed by atoms with Crippen LogP contribution in [0.4, 0.5) is 17.6 Å². The van der Waals surface area contributed by atoms with Crippen molar-refractivity contribution in [3.8, 4) is 11.5 Å². The van der Waals surface area contributed by atoms with Crippen LogP contribution in [0.3, 0.4) is 0 Å². The summed E-state index contributed by atoms with van der Waals surface area (Å²) in [7, 11) is 0. The maximum absolute atomic E-state index is 13.1. The van der Waals surface area contributed by atoms with Crippen molar-refractivity contribution >= 4 is 15.9 Å². The van der Waals surface area contributed by atoms with Gasteiger partial charge in [-0.1, -0.05) is 0 Å². The van der Waals surface area contributed by atoms with Crippen LogP contribution in [-0.2, 0) is 6.18 Å². The summed E-state index contributed by atoms with van der Waals surface area (Å²) in [5.74, 6) is -0.996. The number of pyridine rings is 1. The number of ether oxygens (including phenoxy) is 1. The first-order valence-corrected chi connectivity index (χ1v) is 5.81. The average Bonchev–Trinajstić information content (AvgIpc) is 2.26. The van der Waals surface area contributed by atoms with Gasteiger partial charge in [0.1, 0.15) is 21.9 Å². The topological polar surface area (TPSA) is 22.1 Å². The van der Waals surface area contributed by atoms with Gasteiger partial charge in [0.25, 0.3) is 0 Å². The van der Waals surface area contributed by atoms with Crippen molar-refractivity contribution in [2.45, 2.75) is 6.18 Å². The Balaban J connectivity index is 2.33. The Kier molecular flexibility index (Phi) is 3.75. The molecule has 0 spiro atoms. The third-order valence-electron chi connectivity index (χ3n) is 2.13. The van der Waals surface area contributed by atoms with Crippen molar-refractivity contribution in [2.75, 3.05) is 0 Å². The zero-order valence-electron chi connectivity index (χ0n) is 9.21. The van der Waals surface area contributed by atoms with Crippen molar-refractivity contribution in [3.63, 3.8) is 0 Å². The van der Waals surface area contributed by atoms with Crippen LogP contribution in [0, 0.1) is 5.82 Å². The van der Waals surface area contributed by atoms with Gasteiger partial charge in [0.2, 0.25) is 0 Å². The summed E-state index contributed by atoms with van der Waals surface area (Å²) in [5, 5.41) is 0. The maximum atomic E-state index is 13.1. The molecule has 0 unspecified atom stereocenters. The number of rotatable bonds is 2. The van der Waals surface area contributed by atoms with E-state index in [0.717, 1.165) is 12.1 Å². The summed E-state index contributed by atoms with van der Waals surface area (Å²) < 4.78 is 56.3. The molecule has 0 saturated carbocycles. The quantitative estimate of drug-likeness (QED) is 0.581. The number of hydrogen-bond donors (Lipinski definition) is 0. The molecule has 0 amide bonds. The molecule has 0 aliphatic carbocycles. The summed E-state index contributed by atoms with van der Waals surface area (Å²) in [5.41, 5.74) is -1.10. The molecule has 0 aliphatic heterocycles. The van der Waals surface area contributed by atoms with Gasteiger partial charge in [-0.2, -0.15) is 13.2 Å². The van der Waals surface area contributed by atoms with E-state index in [2.05, 4.69) is 20.9 Å². The van der Waals surface area contributed by atoms with E-state index in [1.54, 1.807) is 0 Å². The summed E-state index contributed by atoms with van der Waals surface area (Å²) in [4.78, 5) is 3.84. The van der Waals surface area contributed by atoms with Crippen LogP contribution in [0.15, 0.2) is 41.1 Å². The lowest BCUT2D eigenvalue weighted by molar-refractivity contribution is -0.137. The molecule has 2 rings (SSSR count). The van der Waals surface area contributed by atoms with Gasteiger partial charge < -0.3 is 4.74 Å². The third kappa shape index (κ3) is 3.66. The van der Waals surface area contributed by atoms with E-state index in [1.807, 2.05) is 0 Å². The van der Waals surface area contributed by atoms with Crippen molar-refractivity contribution in [1.82, 2.24) is 4.98 Å². The van der Waals surface area contributed by atoms with E-state index < -0.39 is 17.6 Å². The standard InChI is InChI=1S/C12H6BrF4NO/c13-11-6-9(1-2-18-11)19-10-4-7(12(15,16)17)3-8(14)5-10/h1-6H. The van der Waals surface area contributed by atoms with Crippen LogP contribution in [0.25, 0.3) is 0 Å². The maximum Gasteiger partial charge on any atom is 0.416 e. The molecular formula is C12H6BrF4NO. The molecule has 0 saturated heterocycles. The molecule has 0 aliphatic rings. The van der Waals surface area contributed by atoms with E-state index in [0.29, 0.717) is 10.7 Å². The second-order valence-corrected chi connectivity index (χ2v) is 4.40. The highest BCUT2D eigenvalue weighted by molar-refractivity contribution is 9.10. The monoisotopic (exact) mass is 335 g/mol. The first-order valence-electron chi connectivity index (χ1n) is 5.02. The number of nitrogens with zero attached hydrogens (tertiary/aromatic N) is 1. The highest BCUT2D eigenvalue weighted by atomic mass is 79.9. The molecule has 1 aromatic carbocycles. The normalized spacial score (nSPS) is 11.4. The van der Waals surface area contributed by atoms with Crippen molar-refractivity contribution in [1.29, 1.82) is 0 Å². The second kappa shape index (κ2) is 5.16. The molecule has 0 fully saturated rings. The van der Waals surface area contributed by atoms with Gasteiger partial charge in [0, 0.05) is 18.3 Å². The van der Waals surface area contributed by atoms with Crippen molar-refractivity contribution in [2.24, 2.45) is 0 Å². The van der Waals surface area contributed by atoms with Crippen LogP contribution in [0.2, 0.25) is 0 Å². The predicted molar refractivity (Wildman–Crippen MR) is 63.4 cm³/mol. The van der Waals surface area contributed by atoms with Gasteiger partial charge in [0.15, 0.2) is 0 Å². The van der Waals surface area contributed by atoms with Gasteiger partial charge in [-0.3, -0.25) is 0 Å². The van der Waals surface area contributed by atoms with Gasteiger partial charge in [-0.15, -0.1) is 0 Å². The average molecular weight is 336 g/mol. The molecule has 2 aromatic rings. The molecule has 100 valence electrons. The summed E-state index contributed by atoms with van der Waals surface area (Å²) in [6.45, 7) is 0. The van der Waals surface area contributed by atoms with Gasteiger partial charge in [-0.05, 0) is 34.1 Å². The largest absolute Gasteiger partial charge is 0.457 e. The molecule has 2 nitrogen and oxygen atoms in total. The van der Waals surface area contributed by atoms with E-state index in [9.17, 15) is 17.6 Å². The number of alkyl halides is 3. The predicted octanol–water partition coefficient (Wildman–Crippen LogP) is 4.79. The smallest absolute Gasteiger partial charge is 0.416 e. The minimum Gasteiger partial charge on any atom is -0.457 e. The van der Waals surface area contributed by atoms with Gasteiger partial charge >= 0.3 is 6.18 Å². The van der Waals surface area contributed by atoms with Crippen molar-refractivity contribution in [3.05, 3.63) is 52.5 Å². The zero-order chi connectivity index (χ0) is 14.0. The third-order valence-corrected chi connectivity index (χ3v) is 2.57. The molecule has 0 N–H and O–H groups in total. The molecule has 1 heterocycles. The lowest BCUT2D eigenvalue weighted by Crippen LogP contribution is -2.05.